The van der Waals surface area contributed by atoms with Crippen LogP contribution in [0.15, 0.2) is 30.5 Å². The molecule has 1 amide bonds. The van der Waals surface area contributed by atoms with E-state index < -0.39 is 0 Å². The van der Waals surface area contributed by atoms with Gasteiger partial charge in [0.05, 0.1) is 31.1 Å². The van der Waals surface area contributed by atoms with Gasteiger partial charge in [0.1, 0.15) is 0 Å². The molecular weight excluding hydrogens is 308 g/mol. The van der Waals surface area contributed by atoms with Gasteiger partial charge < -0.3 is 19.5 Å². The predicted molar refractivity (Wildman–Crippen MR) is 83.2 cm³/mol. The summed E-state index contributed by atoms with van der Waals surface area (Å²) in [6.45, 7) is 0. The molecule has 2 aromatic rings. The number of carbonyl (C=O) groups excluding carboxylic acids is 1. The van der Waals surface area contributed by atoms with Crippen LogP contribution >= 0.6 is 11.6 Å². The number of anilines is 1. The van der Waals surface area contributed by atoms with Crippen LogP contribution in [-0.4, -0.2) is 37.3 Å². The topological polar surface area (TPSA) is 71.9 Å². The van der Waals surface area contributed by atoms with E-state index >= 15 is 0 Å². The van der Waals surface area contributed by atoms with Gasteiger partial charge in [0.25, 0.3) is 5.91 Å². The van der Waals surface area contributed by atoms with Crippen molar-refractivity contribution in [3.63, 3.8) is 0 Å². The number of phenols is 1. The van der Waals surface area contributed by atoms with Gasteiger partial charge in [-0.05, 0) is 18.2 Å². The van der Waals surface area contributed by atoms with E-state index in [1.807, 2.05) is 0 Å². The van der Waals surface area contributed by atoms with Crippen molar-refractivity contribution in [2.24, 2.45) is 0 Å². The third-order valence-corrected chi connectivity index (χ3v) is 3.41. The van der Waals surface area contributed by atoms with E-state index in [0.717, 1.165) is 0 Å². The van der Waals surface area contributed by atoms with Crippen molar-refractivity contribution in [3.8, 4) is 17.4 Å². The van der Waals surface area contributed by atoms with Gasteiger partial charge in [0, 0.05) is 18.7 Å². The molecule has 22 heavy (non-hydrogen) atoms. The predicted octanol–water partition coefficient (Wildman–Crippen LogP) is 2.73. The number of halogens is 1. The van der Waals surface area contributed by atoms with Crippen LogP contribution in [0.5, 0.6) is 17.4 Å². The van der Waals surface area contributed by atoms with Crippen LogP contribution in [0.3, 0.4) is 0 Å². The maximum atomic E-state index is 12.5. The van der Waals surface area contributed by atoms with Crippen molar-refractivity contribution in [1.29, 1.82) is 0 Å². The summed E-state index contributed by atoms with van der Waals surface area (Å²) >= 11 is 5.90. The molecule has 116 valence electrons. The van der Waals surface area contributed by atoms with Crippen molar-refractivity contribution in [2.75, 3.05) is 26.2 Å². The molecule has 1 aromatic heterocycles. The largest absolute Gasteiger partial charge is 0.503 e. The van der Waals surface area contributed by atoms with Gasteiger partial charge in [-0.25, -0.2) is 4.98 Å². The lowest BCUT2D eigenvalue weighted by atomic mass is 10.1. The van der Waals surface area contributed by atoms with E-state index in [4.69, 9.17) is 21.1 Å². The zero-order valence-electron chi connectivity index (χ0n) is 12.3. The number of phenolic OH excluding ortho intramolecular Hbond substituents is 1. The van der Waals surface area contributed by atoms with Gasteiger partial charge >= 0.3 is 0 Å². The summed E-state index contributed by atoms with van der Waals surface area (Å²) in [6.07, 6.45) is 1.52. The Balaban J connectivity index is 2.32. The number of aromatic hydroxyl groups is 1. The van der Waals surface area contributed by atoms with Crippen LogP contribution < -0.4 is 14.4 Å². The highest BCUT2D eigenvalue weighted by atomic mass is 35.5. The normalized spacial score (nSPS) is 10.2. The first-order valence-corrected chi connectivity index (χ1v) is 6.70. The van der Waals surface area contributed by atoms with E-state index in [-0.39, 0.29) is 28.0 Å². The number of carbonyl (C=O) groups is 1. The summed E-state index contributed by atoms with van der Waals surface area (Å²) in [5.41, 5.74) is 0.881. The second-order valence-corrected chi connectivity index (χ2v) is 4.84. The van der Waals surface area contributed by atoms with Crippen LogP contribution in [-0.2, 0) is 0 Å². The minimum Gasteiger partial charge on any atom is -0.503 e. The molecule has 0 fully saturated rings. The summed E-state index contributed by atoms with van der Waals surface area (Å²) in [5.74, 6) is 0.0812. The smallest absolute Gasteiger partial charge is 0.258 e. The molecule has 0 aliphatic rings. The van der Waals surface area contributed by atoms with Crippen molar-refractivity contribution in [3.05, 3.63) is 41.0 Å². The van der Waals surface area contributed by atoms with Gasteiger partial charge in [0.2, 0.25) is 5.88 Å². The van der Waals surface area contributed by atoms with E-state index in [0.29, 0.717) is 11.6 Å². The Morgan fingerprint density at radius 1 is 1.27 bits per heavy atom. The summed E-state index contributed by atoms with van der Waals surface area (Å²) < 4.78 is 9.98. The average Bonchev–Trinajstić information content (AvgIpc) is 2.55. The van der Waals surface area contributed by atoms with Crippen LogP contribution in [0.4, 0.5) is 5.69 Å². The van der Waals surface area contributed by atoms with Gasteiger partial charge in [-0.3, -0.25) is 4.79 Å². The lowest BCUT2D eigenvalue weighted by Gasteiger charge is -2.18. The third kappa shape index (κ3) is 3.07. The Morgan fingerprint density at radius 2 is 2.00 bits per heavy atom. The molecule has 0 unspecified atom stereocenters. The van der Waals surface area contributed by atoms with Crippen molar-refractivity contribution >= 4 is 23.2 Å². The Morgan fingerprint density at radius 3 is 2.55 bits per heavy atom. The molecule has 1 N–H and O–H groups in total. The molecule has 0 aliphatic heterocycles. The summed E-state index contributed by atoms with van der Waals surface area (Å²) in [5, 5.41) is 9.76. The monoisotopic (exact) mass is 322 g/mol. The van der Waals surface area contributed by atoms with Gasteiger partial charge in [0.15, 0.2) is 11.5 Å². The molecular formula is C15H15ClN2O4. The molecule has 0 aliphatic carbocycles. The fourth-order valence-electron chi connectivity index (χ4n) is 1.86. The number of benzene rings is 1. The van der Waals surface area contributed by atoms with Gasteiger partial charge in [-0.15, -0.1) is 0 Å². The summed E-state index contributed by atoms with van der Waals surface area (Å²) in [4.78, 5) is 18.0. The molecule has 6 nitrogen and oxygen atoms in total. The number of nitrogens with zero attached hydrogens (tertiary/aromatic N) is 2. The van der Waals surface area contributed by atoms with Crippen molar-refractivity contribution in [1.82, 2.24) is 4.98 Å². The zero-order chi connectivity index (χ0) is 16.3. The van der Waals surface area contributed by atoms with Crippen LogP contribution in [0.25, 0.3) is 0 Å². The summed E-state index contributed by atoms with van der Waals surface area (Å²) in [7, 11) is 4.51. The lowest BCUT2D eigenvalue weighted by molar-refractivity contribution is 0.0992. The van der Waals surface area contributed by atoms with Crippen LogP contribution in [0.1, 0.15) is 10.4 Å². The number of rotatable bonds is 4. The molecule has 0 atom stereocenters. The number of hydrogen-bond acceptors (Lipinski definition) is 5. The maximum absolute atomic E-state index is 12.5. The Kier molecular flexibility index (Phi) is 4.72. The molecule has 0 bridgehead atoms. The van der Waals surface area contributed by atoms with Crippen molar-refractivity contribution in [2.45, 2.75) is 0 Å². The molecule has 0 saturated carbocycles. The molecule has 1 heterocycles. The van der Waals surface area contributed by atoms with Crippen molar-refractivity contribution < 1.29 is 19.4 Å². The summed E-state index contributed by atoms with van der Waals surface area (Å²) in [6, 6.07) is 6.18. The van der Waals surface area contributed by atoms with E-state index in [1.165, 1.54) is 37.4 Å². The van der Waals surface area contributed by atoms with E-state index in [1.54, 1.807) is 19.2 Å². The Hall–Kier alpha value is -2.47. The number of amides is 1. The molecule has 7 heteroatoms. The molecule has 0 radical (unpaired) electrons. The second kappa shape index (κ2) is 6.53. The van der Waals surface area contributed by atoms with E-state index in [9.17, 15) is 9.90 Å². The molecule has 2 rings (SSSR count). The Labute approximate surface area is 132 Å². The number of aromatic nitrogens is 1. The number of methoxy groups -OCH3 is 2. The highest BCUT2D eigenvalue weighted by Crippen LogP contribution is 2.35. The molecule has 0 spiro atoms. The fourth-order valence-corrected chi connectivity index (χ4v) is 2.07. The first kappa shape index (κ1) is 15.9. The fraction of sp³-hybridized carbons (Fsp3) is 0.200. The quantitative estimate of drug-likeness (QED) is 0.937. The number of ether oxygens (including phenoxy) is 2. The first-order valence-electron chi connectivity index (χ1n) is 6.32. The average molecular weight is 323 g/mol. The molecule has 0 saturated heterocycles. The minimum atomic E-state index is -0.313. The SMILES string of the molecule is COc1ccc(N(C)C(=O)c2cc(Cl)c(O)c(OC)c2)cn1. The Bertz CT molecular complexity index is 689. The van der Waals surface area contributed by atoms with Gasteiger partial charge in [-0.1, -0.05) is 11.6 Å². The highest BCUT2D eigenvalue weighted by Gasteiger charge is 2.18. The first-order chi connectivity index (χ1) is 10.5. The minimum absolute atomic E-state index is 0.0453. The van der Waals surface area contributed by atoms with E-state index in [2.05, 4.69) is 4.98 Å². The zero-order valence-corrected chi connectivity index (χ0v) is 13.1. The third-order valence-electron chi connectivity index (χ3n) is 3.12. The number of hydrogen-bond donors (Lipinski definition) is 1. The molecule has 1 aromatic carbocycles. The van der Waals surface area contributed by atoms with Crippen LogP contribution in [0.2, 0.25) is 5.02 Å². The second-order valence-electron chi connectivity index (χ2n) is 4.43. The number of pyridine rings is 1. The standard InChI is InChI=1S/C15H15ClN2O4/c1-18(10-4-5-13(22-3)17-8-10)15(20)9-6-11(16)14(19)12(7-9)21-2/h4-8,19H,1-3H3. The van der Waals surface area contributed by atoms with Gasteiger partial charge in [-0.2, -0.15) is 0 Å². The van der Waals surface area contributed by atoms with Crippen LogP contribution in [0, 0.1) is 0 Å². The maximum Gasteiger partial charge on any atom is 0.258 e. The highest BCUT2D eigenvalue weighted by molar-refractivity contribution is 6.32. The lowest BCUT2D eigenvalue weighted by Crippen LogP contribution is -2.26.